The minimum atomic E-state index is -0.723. The van der Waals surface area contributed by atoms with Crippen molar-refractivity contribution in [2.45, 2.75) is 0 Å². The highest BCUT2D eigenvalue weighted by molar-refractivity contribution is 6.25. The molecule has 0 spiro atoms. The summed E-state index contributed by atoms with van der Waals surface area (Å²) in [7, 11) is 0. The van der Waals surface area contributed by atoms with E-state index in [4.69, 9.17) is 0 Å². The Morgan fingerprint density at radius 2 is 1.51 bits per heavy atom. The topological polar surface area (TPSA) is 60.9 Å². The zero-order valence-corrected chi connectivity index (χ0v) is 18.9. The molecule has 0 unspecified atom stereocenters. The summed E-state index contributed by atoms with van der Waals surface area (Å²) in [5.74, 6) is -2.21. The highest BCUT2D eigenvalue weighted by Gasteiger charge is 2.33. The predicted molar refractivity (Wildman–Crippen MR) is 128 cm³/mol. The maximum absolute atomic E-state index is 13.8. The van der Waals surface area contributed by atoms with E-state index in [1.165, 1.54) is 23.1 Å². The normalized spacial score (nSPS) is 16.5. The van der Waals surface area contributed by atoms with E-state index in [-0.39, 0.29) is 29.8 Å². The van der Waals surface area contributed by atoms with Crippen LogP contribution in [-0.2, 0) is 4.79 Å². The van der Waals surface area contributed by atoms with Crippen LogP contribution in [0.4, 0.5) is 8.78 Å². The molecule has 0 bridgehead atoms. The molecule has 5 rings (SSSR count). The number of hydrogen-bond donors (Lipinski definition) is 0. The molecule has 178 valence electrons. The van der Waals surface area contributed by atoms with E-state index >= 15 is 0 Å². The minimum absolute atomic E-state index is 0.145. The van der Waals surface area contributed by atoms with Crippen LogP contribution in [0.1, 0.15) is 26.3 Å². The van der Waals surface area contributed by atoms with Gasteiger partial charge in [0, 0.05) is 73.5 Å². The molecule has 2 aliphatic heterocycles. The molecule has 2 heterocycles. The van der Waals surface area contributed by atoms with Crippen molar-refractivity contribution in [2.24, 2.45) is 0 Å². The van der Waals surface area contributed by atoms with Crippen molar-refractivity contribution in [1.29, 1.82) is 0 Å². The second-order valence-corrected chi connectivity index (χ2v) is 8.64. The van der Waals surface area contributed by atoms with Crippen LogP contribution < -0.4 is 0 Å². The number of rotatable bonds is 5. The molecule has 3 aromatic rings. The number of amides is 3. The van der Waals surface area contributed by atoms with Gasteiger partial charge in [-0.05, 0) is 35.7 Å². The maximum Gasteiger partial charge on any atom is 0.261 e. The van der Waals surface area contributed by atoms with Gasteiger partial charge >= 0.3 is 0 Å². The van der Waals surface area contributed by atoms with Gasteiger partial charge in [0.2, 0.25) is 5.91 Å². The standard InChI is InChI=1S/C27H23F2N3O3/c28-20-9-7-18(23(29)17-20)8-10-24(33)31-14-11-30(12-15-31)13-16-32-26(34)21-5-1-3-19-4-2-6-22(25(19)21)27(32)35/h1-10,17H,11-16H2/b10-8+. The molecule has 8 heteroatoms. The molecule has 2 aliphatic rings. The highest BCUT2D eigenvalue weighted by atomic mass is 19.1. The third-order valence-electron chi connectivity index (χ3n) is 6.55. The highest BCUT2D eigenvalue weighted by Crippen LogP contribution is 2.29. The monoisotopic (exact) mass is 475 g/mol. The molecule has 35 heavy (non-hydrogen) atoms. The Hall–Kier alpha value is -3.91. The van der Waals surface area contributed by atoms with Gasteiger partial charge < -0.3 is 4.90 Å². The number of carbonyl (C=O) groups is 3. The zero-order chi connectivity index (χ0) is 24.5. The maximum atomic E-state index is 13.8. The first-order valence-electron chi connectivity index (χ1n) is 11.4. The van der Waals surface area contributed by atoms with E-state index in [0.29, 0.717) is 49.2 Å². The third kappa shape index (κ3) is 4.44. The summed E-state index contributed by atoms with van der Waals surface area (Å²) in [5, 5.41) is 1.58. The SMILES string of the molecule is O=C(/C=C/c1ccc(F)cc1F)N1CCN(CCN2C(=O)c3cccc4cccc(c34)C2=O)CC1. The van der Waals surface area contributed by atoms with E-state index in [1.807, 2.05) is 24.3 Å². The fourth-order valence-corrected chi connectivity index (χ4v) is 4.62. The van der Waals surface area contributed by atoms with Gasteiger partial charge in [-0.1, -0.05) is 24.3 Å². The fraction of sp³-hybridized carbons (Fsp3) is 0.222. The quantitative estimate of drug-likeness (QED) is 0.418. The molecule has 0 radical (unpaired) electrons. The largest absolute Gasteiger partial charge is 0.337 e. The fourth-order valence-electron chi connectivity index (χ4n) is 4.62. The molecule has 0 saturated carbocycles. The van der Waals surface area contributed by atoms with Crippen LogP contribution in [0, 0.1) is 11.6 Å². The van der Waals surface area contributed by atoms with Crippen LogP contribution in [0.3, 0.4) is 0 Å². The van der Waals surface area contributed by atoms with Crippen molar-refractivity contribution in [2.75, 3.05) is 39.3 Å². The van der Waals surface area contributed by atoms with Gasteiger partial charge in [0.1, 0.15) is 11.6 Å². The van der Waals surface area contributed by atoms with Crippen molar-refractivity contribution in [3.8, 4) is 0 Å². The molecule has 1 fully saturated rings. The first-order chi connectivity index (χ1) is 16.9. The molecule has 3 aromatic carbocycles. The predicted octanol–water partition coefficient (Wildman–Crippen LogP) is 3.57. The Labute approximate surface area is 201 Å². The first-order valence-corrected chi connectivity index (χ1v) is 11.4. The number of benzene rings is 3. The summed E-state index contributed by atoms with van der Waals surface area (Å²) in [5.41, 5.74) is 1.22. The molecular weight excluding hydrogens is 452 g/mol. The third-order valence-corrected chi connectivity index (χ3v) is 6.55. The van der Waals surface area contributed by atoms with Crippen LogP contribution in [0.25, 0.3) is 16.8 Å². The van der Waals surface area contributed by atoms with Gasteiger partial charge in [0.15, 0.2) is 0 Å². The van der Waals surface area contributed by atoms with Gasteiger partial charge in [-0.2, -0.15) is 0 Å². The lowest BCUT2D eigenvalue weighted by Gasteiger charge is -2.35. The lowest BCUT2D eigenvalue weighted by molar-refractivity contribution is -0.127. The van der Waals surface area contributed by atoms with Gasteiger partial charge in [-0.25, -0.2) is 8.78 Å². The van der Waals surface area contributed by atoms with Gasteiger partial charge in [0.25, 0.3) is 11.8 Å². The number of halogens is 2. The molecule has 3 amide bonds. The number of carbonyl (C=O) groups excluding carboxylic acids is 3. The van der Waals surface area contributed by atoms with E-state index in [0.717, 1.165) is 17.5 Å². The molecule has 1 saturated heterocycles. The number of hydrogen-bond acceptors (Lipinski definition) is 4. The molecule has 0 atom stereocenters. The van der Waals surface area contributed by atoms with Gasteiger partial charge in [-0.15, -0.1) is 0 Å². The van der Waals surface area contributed by atoms with Crippen LogP contribution >= 0.6 is 0 Å². The van der Waals surface area contributed by atoms with Gasteiger partial charge in [-0.3, -0.25) is 24.2 Å². The van der Waals surface area contributed by atoms with Crippen molar-refractivity contribution in [1.82, 2.24) is 14.7 Å². The number of nitrogens with zero attached hydrogens (tertiary/aromatic N) is 3. The van der Waals surface area contributed by atoms with Crippen molar-refractivity contribution >= 4 is 34.6 Å². The Bertz CT molecular complexity index is 1310. The van der Waals surface area contributed by atoms with Crippen molar-refractivity contribution in [3.05, 3.63) is 89.0 Å². The molecule has 0 aliphatic carbocycles. The molecule has 6 nitrogen and oxygen atoms in total. The van der Waals surface area contributed by atoms with Crippen LogP contribution in [-0.4, -0.2) is 71.7 Å². The second-order valence-electron chi connectivity index (χ2n) is 8.64. The average Bonchev–Trinajstić information content (AvgIpc) is 2.87. The van der Waals surface area contributed by atoms with Crippen LogP contribution in [0.5, 0.6) is 0 Å². The molecule has 0 N–H and O–H groups in total. The average molecular weight is 475 g/mol. The van der Waals surface area contributed by atoms with E-state index in [9.17, 15) is 23.2 Å². The first kappa shape index (κ1) is 22.9. The van der Waals surface area contributed by atoms with Crippen molar-refractivity contribution in [3.63, 3.8) is 0 Å². The summed E-state index contributed by atoms with van der Waals surface area (Å²) in [6.07, 6.45) is 2.63. The lowest BCUT2D eigenvalue weighted by atomic mass is 9.94. The minimum Gasteiger partial charge on any atom is -0.337 e. The lowest BCUT2D eigenvalue weighted by Crippen LogP contribution is -2.51. The summed E-state index contributed by atoms with van der Waals surface area (Å²) in [6, 6.07) is 14.1. The molecular formula is C27H23F2N3O3. The van der Waals surface area contributed by atoms with E-state index < -0.39 is 11.6 Å². The molecule has 0 aromatic heterocycles. The Kier molecular flexibility index (Phi) is 6.13. The van der Waals surface area contributed by atoms with Gasteiger partial charge in [0.05, 0.1) is 0 Å². The van der Waals surface area contributed by atoms with E-state index in [2.05, 4.69) is 4.90 Å². The van der Waals surface area contributed by atoms with Crippen LogP contribution in [0.15, 0.2) is 60.7 Å². The Balaban J connectivity index is 1.17. The summed E-state index contributed by atoms with van der Waals surface area (Å²) in [4.78, 5) is 43.6. The zero-order valence-electron chi connectivity index (χ0n) is 18.9. The van der Waals surface area contributed by atoms with E-state index in [1.54, 1.807) is 17.0 Å². The summed E-state index contributed by atoms with van der Waals surface area (Å²) in [6.45, 7) is 2.90. The summed E-state index contributed by atoms with van der Waals surface area (Å²) < 4.78 is 26.8. The second kappa shape index (κ2) is 9.38. The Morgan fingerprint density at radius 1 is 0.857 bits per heavy atom. The number of imide groups is 1. The summed E-state index contributed by atoms with van der Waals surface area (Å²) >= 11 is 0. The smallest absolute Gasteiger partial charge is 0.261 e. The van der Waals surface area contributed by atoms with Crippen molar-refractivity contribution < 1.29 is 23.2 Å². The Morgan fingerprint density at radius 3 is 2.14 bits per heavy atom. The number of piperazine rings is 1. The van der Waals surface area contributed by atoms with Crippen LogP contribution in [0.2, 0.25) is 0 Å².